The van der Waals surface area contributed by atoms with Gasteiger partial charge in [0.25, 0.3) is 0 Å². The lowest BCUT2D eigenvalue weighted by Crippen LogP contribution is -2.53. The summed E-state index contributed by atoms with van der Waals surface area (Å²) in [5.41, 5.74) is -1.89. The van der Waals surface area contributed by atoms with Gasteiger partial charge in [-0.1, -0.05) is 41.9 Å². The number of halogens is 3. The lowest BCUT2D eigenvalue weighted by atomic mass is 9.79. The Morgan fingerprint density at radius 2 is 1.95 bits per heavy atom. The summed E-state index contributed by atoms with van der Waals surface area (Å²) >= 11 is 6.47. The van der Waals surface area contributed by atoms with E-state index in [0.29, 0.717) is 30.5 Å². The number of aliphatic hydroxyl groups excluding tert-OH is 1. The molecular formula is C31H29ClF2N2O5. The van der Waals surface area contributed by atoms with Crippen LogP contribution in [-0.4, -0.2) is 39.4 Å². The Morgan fingerprint density at radius 3 is 2.59 bits per heavy atom. The molecule has 1 fully saturated rings. The summed E-state index contributed by atoms with van der Waals surface area (Å²) in [6.07, 6.45) is 0.765. The van der Waals surface area contributed by atoms with Crippen molar-refractivity contribution in [1.82, 2.24) is 4.90 Å². The second-order valence-electron chi connectivity index (χ2n) is 11.3. The third kappa shape index (κ3) is 4.85. The Bertz CT molecular complexity index is 1570. The Labute approximate surface area is 241 Å². The molecule has 2 heterocycles. The molecule has 41 heavy (non-hydrogen) atoms. The first-order valence-electron chi connectivity index (χ1n) is 13.2. The SMILES string of the molecule is CC(C)(C)OC(=O)N1CCC[C@H]1[C@@]1(c2ccccc2)Cc2c(cc(F)c(Cl)c2-c2c(C#N)cc(CO)c(O)c2F)O1. The summed E-state index contributed by atoms with van der Waals surface area (Å²) in [6.45, 7) is 5.04. The predicted molar refractivity (Wildman–Crippen MR) is 148 cm³/mol. The van der Waals surface area contributed by atoms with Crippen LogP contribution in [0.4, 0.5) is 13.6 Å². The van der Waals surface area contributed by atoms with E-state index in [-0.39, 0.29) is 28.9 Å². The van der Waals surface area contributed by atoms with E-state index in [0.717, 1.165) is 12.1 Å². The topological polar surface area (TPSA) is 103 Å². The van der Waals surface area contributed by atoms with Gasteiger partial charge in [0.2, 0.25) is 0 Å². The molecule has 0 saturated carbocycles. The minimum Gasteiger partial charge on any atom is -0.505 e. The molecule has 2 N–H and O–H groups in total. The number of hydrogen-bond acceptors (Lipinski definition) is 6. The van der Waals surface area contributed by atoms with Gasteiger partial charge in [-0.2, -0.15) is 5.26 Å². The smallest absolute Gasteiger partial charge is 0.410 e. The van der Waals surface area contributed by atoms with Crippen molar-refractivity contribution < 1.29 is 33.3 Å². The van der Waals surface area contributed by atoms with Gasteiger partial charge in [-0.25, -0.2) is 13.6 Å². The Kier molecular flexibility index (Phi) is 7.35. The summed E-state index contributed by atoms with van der Waals surface area (Å²) in [4.78, 5) is 14.9. The van der Waals surface area contributed by atoms with Crippen molar-refractivity contribution in [3.8, 4) is 28.7 Å². The first-order valence-corrected chi connectivity index (χ1v) is 13.6. The molecule has 10 heteroatoms. The van der Waals surface area contributed by atoms with E-state index in [9.17, 15) is 20.3 Å². The van der Waals surface area contributed by atoms with E-state index in [4.69, 9.17) is 21.1 Å². The highest BCUT2D eigenvalue weighted by Crippen LogP contribution is 2.53. The van der Waals surface area contributed by atoms with Crippen molar-refractivity contribution in [2.45, 2.75) is 63.9 Å². The van der Waals surface area contributed by atoms with Crippen LogP contribution in [0.1, 0.15) is 55.9 Å². The molecule has 0 unspecified atom stereocenters. The fraction of sp³-hybridized carbons (Fsp3) is 0.355. The number of nitrogens with zero attached hydrogens (tertiary/aromatic N) is 2. The van der Waals surface area contributed by atoms with Crippen molar-refractivity contribution >= 4 is 17.7 Å². The van der Waals surface area contributed by atoms with Gasteiger partial charge >= 0.3 is 6.09 Å². The van der Waals surface area contributed by atoms with Crippen LogP contribution in [0, 0.1) is 23.0 Å². The molecule has 5 rings (SSSR count). The molecule has 2 aliphatic heterocycles. The molecule has 3 aromatic rings. The van der Waals surface area contributed by atoms with Gasteiger partial charge < -0.3 is 24.6 Å². The third-order valence-corrected chi connectivity index (χ3v) is 7.93. The predicted octanol–water partition coefficient (Wildman–Crippen LogP) is 6.58. The first kappa shape index (κ1) is 28.7. The van der Waals surface area contributed by atoms with E-state index < -0.39 is 57.9 Å². The molecule has 1 saturated heterocycles. The summed E-state index contributed by atoms with van der Waals surface area (Å²) in [6, 6.07) is 12.8. The normalized spacial score (nSPS) is 20.0. The number of ether oxygens (including phenoxy) is 2. The molecule has 0 spiro atoms. The average molecular weight is 583 g/mol. The second-order valence-corrected chi connectivity index (χ2v) is 11.7. The standard InChI is InChI=1S/C31H29ClF2N2O5/c1-30(2,3)41-29(39)36-11-7-10-23(36)31(19-8-5-4-6-9-19)14-20-22(40-31)13-21(33)26(32)25(20)24-17(15-35)12-18(16-37)28(38)27(24)34/h4-6,8-9,12-13,23,37-38H,7,10-11,14,16H2,1-3H3/t23-,31-/m0/s1. The maximum atomic E-state index is 15.7. The van der Waals surface area contributed by atoms with Gasteiger partial charge in [0.05, 0.1) is 29.3 Å². The molecule has 0 radical (unpaired) electrons. The first-order chi connectivity index (χ1) is 19.4. The number of phenols is 1. The van der Waals surface area contributed by atoms with Crippen LogP contribution < -0.4 is 4.74 Å². The monoisotopic (exact) mass is 582 g/mol. The maximum absolute atomic E-state index is 15.7. The van der Waals surface area contributed by atoms with Crippen molar-refractivity contribution in [1.29, 1.82) is 5.26 Å². The van der Waals surface area contributed by atoms with Crippen LogP contribution in [-0.2, 0) is 23.4 Å². The largest absolute Gasteiger partial charge is 0.505 e. The van der Waals surface area contributed by atoms with E-state index in [1.54, 1.807) is 25.7 Å². The zero-order valence-electron chi connectivity index (χ0n) is 22.8. The number of aromatic hydroxyl groups is 1. The van der Waals surface area contributed by atoms with E-state index in [1.807, 2.05) is 36.4 Å². The summed E-state index contributed by atoms with van der Waals surface area (Å²) in [5.74, 6) is -2.91. The number of rotatable bonds is 4. The maximum Gasteiger partial charge on any atom is 0.410 e. The number of carbonyl (C=O) groups excluding carboxylic acids is 1. The number of hydrogen-bond donors (Lipinski definition) is 2. The molecule has 2 atom stereocenters. The zero-order valence-corrected chi connectivity index (χ0v) is 23.6. The lowest BCUT2D eigenvalue weighted by Gasteiger charge is -2.40. The average Bonchev–Trinajstić information content (AvgIpc) is 3.57. The minimum absolute atomic E-state index is 0.0540. The molecule has 214 valence electrons. The van der Waals surface area contributed by atoms with Gasteiger partial charge in [0, 0.05) is 41.3 Å². The summed E-state index contributed by atoms with van der Waals surface area (Å²) < 4.78 is 43.4. The van der Waals surface area contributed by atoms with Crippen molar-refractivity contribution in [2.24, 2.45) is 0 Å². The molecular weight excluding hydrogens is 554 g/mol. The number of amides is 1. The lowest BCUT2D eigenvalue weighted by molar-refractivity contribution is -0.0216. The molecule has 7 nitrogen and oxygen atoms in total. The van der Waals surface area contributed by atoms with Crippen LogP contribution in [0.25, 0.3) is 11.1 Å². The molecule has 1 amide bonds. The van der Waals surface area contributed by atoms with Gasteiger partial charge in [-0.05, 0) is 45.2 Å². The minimum atomic E-state index is -1.22. The molecule has 0 aliphatic carbocycles. The Hall–Kier alpha value is -3.87. The second kappa shape index (κ2) is 10.5. The van der Waals surface area contributed by atoms with Crippen LogP contribution in [0.2, 0.25) is 5.02 Å². The van der Waals surface area contributed by atoms with Gasteiger partial charge in [0.1, 0.15) is 17.2 Å². The Morgan fingerprint density at radius 1 is 1.24 bits per heavy atom. The quantitative estimate of drug-likeness (QED) is 0.360. The summed E-state index contributed by atoms with van der Waals surface area (Å²) in [7, 11) is 0. The van der Waals surface area contributed by atoms with Crippen molar-refractivity contribution in [3.63, 3.8) is 0 Å². The number of carbonyl (C=O) groups is 1. The number of benzene rings is 3. The van der Waals surface area contributed by atoms with Crippen LogP contribution in [0.3, 0.4) is 0 Å². The molecule has 3 aromatic carbocycles. The van der Waals surface area contributed by atoms with Gasteiger partial charge in [-0.15, -0.1) is 0 Å². The fourth-order valence-corrected chi connectivity index (χ4v) is 6.12. The number of fused-ring (bicyclic) bond motifs is 1. The molecule has 2 aliphatic rings. The highest BCUT2D eigenvalue weighted by molar-refractivity contribution is 6.34. The zero-order chi connectivity index (χ0) is 29.7. The van der Waals surface area contributed by atoms with E-state index in [1.165, 1.54) is 0 Å². The van der Waals surface area contributed by atoms with Gasteiger partial charge in [-0.3, -0.25) is 0 Å². The molecule has 0 aromatic heterocycles. The number of nitriles is 1. The van der Waals surface area contributed by atoms with E-state index >= 15 is 8.78 Å². The number of likely N-dealkylation sites (tertiary alicyclic amines) is 1. The highest BCUT2D eigenvalue weighted by Gasteiger charge is 2.54. The van der Waals surface area contributed by atoms with Crippen LogP contribution in [0.15, 0.2) is 42.5 Å². The van der Waals surface area contributed by atoms with Crippen molar-refractivity contribution in [2.75, 3.05) is 6.54 Å². The summed E-state index contributed by atoms with van der Waals surface area (Å²) in [5, 5.41) is 29.4. The third-order valence-electron chi connectivity index (χ3n) is 7.56. The van der Waals surface area contributed by atoms with Crippen LogP contribution >= 0.6 is 11.6 Å². The van der Waals surface area contributed by atoms with E-state index in [2.05, 4.69) is 0 Å². The highest BCUT2D eigenvalue weighted by atomic mass is 35.5. The fourth-order valence-electron chi connectivity index (χ4n) is 5.86. The van der Waals surface area contributed by atoms with Crippen LogP contribution in [0.5, 0.6) is 11.5 Å². The number of aliphatic hydroxyl groups is 1. The van der Waals surface area contributed by atoms with Crippen molar-refractivity contribution in [3.05, 3.63) is 81.4 Å². The molecule has 0 bridgehead atoms. The van der Waals surface area contributed by atoms with Gasteiger partial charge in [0.15, 0.2) is 17.2 Å². The Balaban J connectivity index is 1.72.